The third kappa shape index (κ3) is 2.19. The van der Waals surface area contributed by atoms with Crippen molar-refractivity contribution < 1.29 is 14.6 Å². The molecule has 70 valence electrons. The SMILES string of the molecule is CC(C)(NC1CCOC1)C(=O)O. The Morgan fingerprint density at radius 1 is 1.67 bits per heavy atom. The zero-order chi connectivity index (χ0) is 9.19. The van der Waals surface area contributed by atoms with Gasteiger partial charge in [-0.3, -0.25) is 10.1 Å². The second-order valence-electron chi connectivity index (χ2n) is 3.64. The molecular formula is C8H15NO3. The van der Waals surface area contributed by atoms with E-state index in [1.54, 1.807) is 13.8 Å². The molecule has 4 nitrogen and oxygen atoms in total. The molecule has 0 aliphatic carbocycles. The van der Waals surface area contributed by atoms with Crippen LogP contribution in [0.2, 0.25) is 0 Å². The van der Waals surface area contributed by atoms with Crippen molar-refractivity contribution in [2.45, 2.75) is 31.8 Å². The number of ether oxygens (including phenoxy) is 1. The molecule has 4 heteroatoms. The predicted octanol–water partition coefficient (Wildman–Crippen LogP) is 0.228. The highest BCUT2D eigenvalue weighted by molar-refractivity contribution is 5.77. The normalized spacial score (nSPS) is 24.3. The van der Waals surface area contributed by atoms with E-state index in [1.165, 1.54) is 0 Å². The Hall–Kier alpha value is -0.610. The summed E-state index contributed by atoms with van der Waals surface area (Å²) in [6.07, 6.45) is 0.900. The van der Waals surface area contributed by atoms with Gasteiger partial charge in [-0.15, -0.1) is 0 Å². The van der Waals surface area contributed by atoms with Crippen LogP contribution in [0.1, 0.15) is 20.3 Å². The fraction of sp³-hybridized carbons (Fsp3) is 0.875. The smallest absolute Gasteiger partial charge is 0.323 e. The van der Waals surface area contributed by atoms with Crippen LogP contribution in [0.5, 0.6) is 0 Å². The van der Waals surface area contributed by atoms with Crippen molar-refractivity contribution in [3.8, 4) is 0 Å². The largest absolute Gasteiger partial charge is 0.480 e. The van der Waals surface area contributed by atoms with E-state index in [-0.39, 0.29) is 6.04 Å². The van der Waals surface area contributed by atoms with E-state index >= 15 is 0 Å². The van der Waals surface area contributed by atoms with Gasteiger partial charge >= 0.3 is 5.97 Å². The Kier molecular flexibility index (Phi) is 2.69. The van der Waals surface area contributed by atoms with Gasteiger partial charge in [0.05, 0.1) is 6.61 Å². The zero-order valence-electron chi connectivity index (χ0n) is 7.46. The number of carbonyl (C=O) groups is 1. The van der Waals surface area contributed by atoms with Crippen molar-refractivity contribution in [1.82, 2.24) is 5.32 Å². The van der Waals surface area contributed by atoms with Gasteiger partial charge in [-0.25, -0.2) is 0 Å². The highest BCUT2D eigenvalue weighted by Gasteiger charge is 2.30. The summed E-state index contributed by atoms with van der Waals surface area (Å²) >= 11 is 0. The molecule has 0 bridgehead atoms. The second kappa shape index (κ2) is 3.41. The van der Waals surface area contributed by atoms with Crippen LogP contribution in [-0.4, -0.2) is 35.9 Å². The van der Waals surface area contributed by atoms with Gasteiger partial charge in [0.2, 0.25) is 0 Å². The van der Waals surface area contributed by atoms with Gasteiger partial charge in [0, 0.05) is 12.6 Å². The first kappa shape index (κ1) is 9.48. The van der Waals surface area contributed by atoms with E-state index < -0.39 is 11.5 Å². The van der Waals surface area contributed by atoms with Crippen molar-refractivity contribution in [3.05, 3.63) is 0 Å². The monoisotopic (exact) mass is 173 g/mol. The summed E-state index contributed by atoms with van der Waals surface area (Å²) in [7, 11) is 0. The molecule has 1 fully saturated rings. The lowest BCUT2D eigenvalue weighted by atomic mass is 10.0. The third-order valence-corrected chi connectivity index (χ3v) is 2.03. The lowest BCUT2D eigenvalue weighted by molar-refractivity contribution is -0.143. The van der Waals surface area contributed by atoms with Crippen LogP contribution in [0.4, 0.5) is 0 Å². The Morgan fingerprint density at radius 2 is 2.33 bits per heavy atom. The summed E-state index contributed by atoms with van der Waals surface area (Å²) in [6, 6.07) is 0.191. The minimum atomic E-state index is -0.849. The average molecular weight is 173 g/mol. The maximum absolute atomic E-state index is 10.7. The van der Waals surface area contributed by atoms with Gasteiger partial charge in [0.15, 0.2) is 0 Å². The maximum atomic E-state index is 10.7. The first-order chi connectivity index (χ1) is 5.52. The van der Waals surface area contributed by atoms with Crippen LogP contribution in [0.15, 0.2) is 0 Å². The minimum absolute atomic E-state index is 0.191. The van der Waals surface area contributed by atoms with Crippen LogP contribution < -0.4 is 5.32 Å². The minimum Gasteiger partial charge on any atom is -0.480 e. The number of rotatable bonds is 3. The van der Waals surface area contributed by atoms with Crippen molar-refractivity contribution in [2.75, 3.05) is 13.2 Å². The van der Waals surface area contributed by atoms with Crippen LogP contribution in [0, 0.1) is 0 Å². The van der Waals surface area contributed by atoms with Gasteiger partial charge < -0.3 is 9.84 Å². The van der Waals surface area contributed by atoms with Crippen molar-refractivity contribution in [2.24, 2.45) is 0 Å². The number of hydrogen-bond acceptors (Lipinski definition) is 3. The number of carboxylic acid groups (broad SMARTS) is 1. The van der Waals surface area contributed by atoms with Gasteiger partial charge in [0.25, 0.3) is 0 Å². The fourth-order valence-electron chi connectivity index (χ4n) is 1.22. The van der Waals surface area contributed by atoms with E-state index in [1.807, 2.05) is 0 Å². The Bertz CT molecular complexity index is 173. The summed E-state index contributed by atoms with van der Waals surface area (Å²) in [5, 5.41) is 11.8. The Morgan fingerprint density at radius 3 is 2.75 bits per heavy atom. The van der Waals surface area contributed by atoms with Gasteiger partial charge in [-0.1, -0.05) is 0 Å². The topological polar surface area (TPSA) is 58.6 Å². The molecule has 1 aliphatic rings. The molecule has 0 amide bonds. The number of hydrogen-bond donors (Lipinski definition) is 2. The predicted molar refractivity (Wildman–Crippen MR) is 44.1 cm³/mol. The van der Waals surface area contributed by atoms with E-state index in [2.05, 4.69) is 5.32 Å². The molecular weight excluding hydrogens is 158 g/mol. The molecule has 0 saturated carbocycles. The molecule has 1 heterocycles. The van der Waals surface area contributed by atoms with E-state index in [0.29, 0.717) is 6.61 Å². The lowest BCUT2D eigenvalue weighted by Crippen LogP contribution is -2.51. The molecule has 0 radical (unpaired) electrons. The second-order valence-corrected chi connectivity index (χ2v) is 3.64. The maximum Gasteiger partial charge on any atom is 0.323 e. The summed E-state index contributed by atoms with van der Waals surface area (Å²) in [4.78, 5) is 10.7. The molecule has 0 aromatic carbocycles. The summed E-state index contributed by atoms with van der Waals surface area (Å²) < 4.78 is 5.13. The van der Waals surface area contributed by atoms with Gasteiger partial charge in [-0.05, 0) is 20.3 Å². The molecule has 1 atom stereocenters. The first-order valence-corrected chi connectivity index (χ1v) is 4.11. The fourth-order valence-corrected chi connectivity index (χ4v) is 1.22. The van der Waals surface area contributed by atoms with E-state index in [0.717, 1.165) is 13.0 Å². The van der Waals surface area contributed by atoms with Crippen LogP contribution >= 0.6 is 0 Å². The van der Waals surface area contributed by atoms with E-state index in [9.17, 15) is 4.79 Å². The molecule has 1 saturated heterocycles. The summed E-state index contributed by atoms with van der Waals surface area (Å²) in [5.41, 5.74) is -0.849. The molecule has 0 spiro atoms. The summed E-state index contributed by atoms with van der Waals surface area (Å²) in [5.74, 6) is -0.825. The third-order valence-electron chi connectivity index (χ3n) is 2.03. The zero-order valence-corrected chi connectivity index (χ0v) is 7.46. The first-order valence-electron chi connectivity index (χ1n) is 4.11. The van der Waals surface area contributed by atoms with E-state index in [4.69, 9.17) is 9.84 Å². The van der Waals surface area contributed by atoms with Crippen LogP contribution in [0.25, 0.3) is 0 Å². The lowest BCUT2D eigenvalue weighted by Gasteiger charge is -2.24. The Labute approximate surface area is 71.9 Å². The quantitative estimate of drug-likeness (QED) is 0.641. The number of carboxylic acids is 1. The molecule has 12 heavy (non-hydrogen) atoms. The van der Waals surface area contributed by atoms with Crippen molar-refractivity contribution in [1.29, 1.82) is 0 Å². The number of nitrogens with one attached hydrogen (secondary N) is 1. The Balaban J connectivity index is 2.42. The summed E-state index contributed by atoms with van der Waals surface area (Å²) in [6.45, 7) is 4.67. The van der Waals surface area contributed by atoms with Crippen LogP contribution in [-0.2, 0) is 9.53 Å². The standard InChI is InChI=1S/C8H15NO3/c1-8(2,7(10)11)9-6-3-4-12-5-6/h6,9H,3-5H2,1-2H3,(H,10,11). The van der Waals surface area contributed by atoms with Gasteiger partial charge in [-0.2, -0.15) is 0 Å². The highest BCUT2D eigenvalue weighted by atomic mass is 16.5. The van der Waals surface area contributed by atoms with Gasteiger partial charge in [0.1, 0.15) is 5.54 Å². The average Bonchev–Trinajstić information content (AvgIpc) is 2.38. The highest BCUT2D eigenvalue weighted by Crippen LogP contribution is 2.10. The molecule has 1 aliphatic heterocycles. The van der Waals surface area contributed by atoms with Crippen molar-refractivity contribution in [3.63, 3.8) is 0 Å². The molecule has 1 rings (SSSR count). The molecule has 2 N–H and O–H groups in total. The molecule has 1 unspecified atom stereocenters. The molecule has 0 aromatic rings. The van der Waals surface area contributed by atoms with Crippen LogP contribution in [0.3, 0.4) is 0 Å². The van der Waals surface area contributed by atoms with Crippen molar-refractivity contribution >= 4 is 5.97 Å². The number of aliphatic carboxylic acids is 1. The molecule has 0 aromatic heterocycles.